The van der Waals surface area contributed by atoms with E-state index >= 15 is 0 Å². The third kappa shape index (κ3) is 4.63. The summed E-state index contributed by atoms with van der Waals surface area (Å²) in [5, 5.41) is 6.14. The molecule has 1 amide bonds. The molecule has 1 aromatic rings. The number of benzene rings is 1. The average Bonchev–Trinajstić information content (AvgIpc) is 2.97. The second-order valence-electron chi connectivity index (χ2n) is 5.58. The second kappa shape index (κ2) is 7.31. The molecule has 1 aliphatic heterocycles. The summed E-state index contributed by atoms with van der Waals surface area (Å²) in [7, 11) is 0. The van der Waals surface area contributed by atoms with E-state index < -0.39 is 11.7 Å². The maximum atomic E-state index is 13.1. The van der Waals surface area contributed by atoms with Gasteiger partial charge in [-0.15, -0.1) is 0 Å². The first kappa shape index (κ1) is 15.6. The predicted molar refractivity (Wildman–Crippen MR) is 78.5 cm³/mol. The molecule has 0 aromatic heterocycles. The predicted octanol–water partition coefficient (Wildman–Crippen LogP) is 1.90. The molecular formula is C16H21FN2O2. The van der Waals surface area contributed by atoms with Crippen LogP contribution in [0.2, 0.25) is 0 Å². The Labute approximate surface area is 124 Å². The van der Waals surface area contributed by atoms with Crippen LogP contribution in [0.4, 0.5) is 4.39 Å². The highest BCUT2D eigenvalue weighted by molar-refractivity contribution is 5.99. The molecule has 2 unspecified atom stereocenters. The summed E-state index contributed by atoms with van der Waals surface area (Å²) in [5.41, 5.74) is 0.313. The number of carbonyl (C=O) groups excluding carboxylic acids is 2. The zero-order valence-corrected chi connectivity index (χ0v) is 12.2. The Kier molecular flexibility index (Phi) is 5.44. The Morgan fingerprint density at radius 3 is 2.95 bits per heavy atom. The standard InChI is InChI=1S/C16H21FN2O2/c1-11(16(21)12-4-2-5-13(17)9-12)8-15(20)19-10-14-6-3-7-18-14/h2,4-5,9,11,14,18H,3,6-8,10H2,1H3,(H,19,20). The van der Waals surface area contributed by atoms with Crippen LogP contribution in [0.5, 0.6) is 0 Å². The molecule has 1 heterocycles. The second-order valence-corrected chi connectivity index (χ2v) is 5.58. The van der Waals surface area contributed by atoms with Crippen LogP contribution in [0.15, 0.2) is 24.3 Å². The minimum atomic E-state index is -0.455. The van der Waals surface area contributed by atoms with Gasteiger partial charge in [-0.05, 0) is 31.5 Å². The molecule has 1 aliphatic rings. The van der Waals surface area contributed by atoms with Crippen LogP contribution in [0.1, 0.15) is 36.5 Å². The Hall–Kier alpha value is -1.75. The molecule has 114 valence electrons. The lowest BCUT2D eigenvalue weighted by Gasteiger charge is -2.14. The topological polar surface area (TPSA) is 58.2 Å². The van der Waals surface area contributed by atoms with Gasteiger partial charge in [-0.3, -0.25) is 9.59 Å². The van der Waals surface area contributed by atoms with Crippen molar-refractivity contribution in [2.75, 3.05) is 13.1 Å². The zero-order chi connectivity index (χ0) is 15.2. The number of carbonyl (C=O) groups is 2. The van der Waals surface area contributed by atoms with E-state index in [0.717, 1.165) is 19.4 Å². The lowest BCUT2D eigenvalue weighted by atomic mass is 9.96. The summed E-state index contributed by atoms with van der Waals surface area (Å²) >= 11 is 0. The lowest BCUT2D eigenvalue weighted by Crippen LogP contribution is -2.38. The van der Waals surface area contributed by atoms with E-state index in [2.05, 4.69) is 10.6 Å². The van der Waals surface area contributed by atoms with Gasteiger partial charge in [0.25, 0.3) is 0 Å². The molecule has 1 saturated heterocycles. The molecule has 0 saturated carbocycles. The Morgan fingerprint density at radius 2 is 2.29 bits per heavy atom. The molecule has 4 nitrogen and oxygen atoms in total. The van der Waals surface area contributed by atoms with Crippen molar-refractivity contribution in [2.45, 2.75) is 32.2 Å². The monoisotopic (exact) mass is 292 g/mol. The highest BCUT2D eigenvalue weighted by atomic mass is 19.1. The number of ketones is 1. The number of amides is 1. The van der Waals surface area contributed by atoms with Gasteiger partial charge in [0.05, 0.1) is 0 Å². The molecule has 5 heteroatoms. The number of Topliss-reactive ketones (excluding diaryl/α,β-unsaturated/α-hetero) is 1. The van der Waals surface area contributed by atoms with Crippen LogP contribution < -0.4 is 10.6 Å². The molecule has 1 aromatic carbocycles. The number of rotatable bonds is 6. The maximum absolute atomic E-state index is 13.1. The largest absolute Gasteiger partial charge is 0.355 e. The van der Waals surface area contributed by atoms with Crippen molar-refractivity contribution in [2.24, 2.45) is 5.92 Å². The van der Waals surface area contributed by atoms with Crippen LogP contribution in [-0.4, -0.2) is 30.8 Å². The average molecular weight is 292 g/mol. The van der Waals surface area contributed by atoms with Gasteiger partial charge in [0.15, 0.2) is 5.78 Å². The van der Waals surface area contributed by atoms with Crippen LogP contribution in [-0.2, 0) is 4.79 Å². The van der Waals surface area contributed by atoms with E-state index in [4.69, 9.17) is 0 Å². The van der Waals surface area contributed by atoms with Crippen molar-refractivity contribution in [3.8, 4) is 0 Å². The van der Waals surface area contributed by atoms with E-state index in [0.29, 0.717) is 18.2 Å². The lowest BCUT2D eigenvalue weighted by molar-refractivity contribution is -0.121. The first-order valence-corrected chi connectivity index (χ1v) is 7.36. The molecule has 2 rings (SSSR count). The normalized spacial score (nSPS) is 19.2. The van der Waals surface area contributed by atoms with E-state index in [9.17, 15) is 14.0 Å². The minimum Gasteiger partial charge on any atom is -0.355 e. The van der Waals surface area contributed by atoms with Crippen molar-refractivity contribution in [3.05, 3.63) is 35.6 Å². The maximum Gasteiger partial charge on any atom is 0.220 e. The van der Waals surface area contributed by atoms with Crippen molar-refractivity contribution in [3.63, 3.8) is 0 Å². The Bertz CT molecular complexity index is 513. The van der Waals surface area contributed by atoms with Crippen LogP contribution in [0.3, 0.4) is 0 Å². The zero-order valence-electron chi connectivity index (χ0n) is 12.2. The molecule has 2 atom stereocenters. The fraction of sp³-hybridized carbons (Fsp3) is 0.500. The highest BCUT2D eigenvalue weighted by Gasteiger charge is 2.20. The van der Waals surface area contributed by atoms with E-state index in [-0.39, 0.29) is 18.1 Å². The summed E-state index contributed by atoms with van der Waals surface area (Å²) in [6.07, 6.45) is 2.33. The number of hydrogen-bond donors (Lipinski definition) is 2. The van der Waals surface area contributed by atoms with Gasteiger partial charge in [-0.25, -0.2) is 4.39 Å². The molecule has 0 aliphatic carbocycles. The number of halogens is 1. The van der Waals surface area contributed by atoms with Gasteiger partial charge in [0.1, 0.15) is 5.82 Å². The fourth-order valence-corrected chi connectivity index (χ4v) is 2.54. The molecule has 1 fully saturated rings. The quantitative estimate of drug-likeness (QED) is 0.787. The third-order valence-electron chi connectivity index (χ3n) is 3.76. The van der Waals surface area contributed by atoms with Crippen molar-refractivity contribution < 1.29 is 14.0 Å². The molecular weight excluding hydrogens is 271 g/mol. The van der Waals surface area contributed by atoms with Crippen molar-refractivity contribution in [1.29, 1.82) is 0 Å². The van der Waals surface area contributed by atoms with E-state index in [1.54, 1.807) is 13.0 Å². The highest BCUT2D eigenvalue weighted by Crippen LogP contribution is 2.13. The molecule has 21 heavy (non-hydrogen) atoms. The van der Waals surface area contributed by atoms with Gasteiger partial charge in [0, 0.05) is 30.5 Å². The summed E-state index contributed by atoms with van der Waals surface area (Å²) in [5.74, 6) is -1.24. The summed E-state index contributed by atoms with van der Waals surface area (Å²) in [6, 6.07) is 5.91. The SMILES string of the molecule is CC(CC(=O)NCC1CCCN1)C(=O)c1cccc(F)c1. The van der Waals surface area contributed by atoms with Crippen molar-refractivity contribution >= 4 is 11.7 Å². The number of nitrogens with one attached hydrogen (secondary N) is 2. The minimum absolute atomic E-state index is 0.127. The molecule has 0 spiro atoms. The van der Waals surface area contributed by atoms with Crippen LogP contribution in [0, 0.1) is 11.7 Å². The van der Waals surface area contributed by atoms with Crippen LogP contribution >= 0.6 is 0 Å². The van der Waals surface area contributed by atoms with Crippen molar-refractivity contribution in [1.82, 2.24) is 10.6 Å². The molecule has 0 bridgehead atoms. The van der Waals surface area contributed by atoms with Gasteiger partial charge in [-0.2, -0.15) is 0 Å². The van der Waals surface area contributed by atoms with Gasteiger partial charge < -0.3 is 10.6 Å². The summed E-state index contributed by atoms with van der Waals surface area (Å²) in [6.45, 7) is 3.29. The van der Waals surface area contributed by atoms with Gasteiger partial charge >= 0.3 is 0 Å². The Balaban J connectivity index is 1.81. The van der Waals surface area contributed by atoms with E-state index in [1.807, 2.05) is 0 Å². The summed E-state index contributed by atoms with van der Waals surface area (Å²) < 4.78 is 13.1. The fourth-order valence-electron chi connectivity index (χ4n) is 2.54. The first-order chi connectivity index (χ1) is 10.1. The van der Waals surface area contributed by atoms with Gasteiger partial charge in [-0.1, -0.05) is 19.1 Å². The molecule has 2 N–H and O–H groups in total. The Morgan fingerprint density at radius 1 is 1.48 bits per heavy atom. The first-order valence-electron chi connectivity index (χ1n) is 7.36. The number of hydrogen-bond acceptors (Lipinski definition) is 3. The third-order valence-corrected chi connectivity index (χ3v) is 3.76. The molecule has 0 radical (unpaired) electrons. The van der Waals surface area contributed by atoms with Gasteiger partial charge in [0.2, 0.25) is 5.91 Å². The smallest absolute Gasteiger partial charge is 0.220 e. The summed E-state index contributed by atoms with van der Waals surface area (Å²) in [4.78, 5) is 24.0. The van der Waals surface area contributed by atoms with Crippen LogP contribution in [0.25, 0.3) is 0 Å². The van der Waals surface area contributed by atoms with E-state index in [1.165, 1.54) is 18.2 Å².